The number of aliphatic hydroxyl groups is 1. The van der Waals surface area contributed by atoms with Crippen molar-refractivity contribution in [3.63, 3.8) is 0 Å². The Kier molecular flexibility index (Phi) is 4.72. The lowest BCUT2D eigenvalue weighted by Crippen LogP contribution is -2.24. The first-order valence-corrected chi connectivity index (χ1v) is 5.34. The quantitative estimate of drug-likeness (QED) is 0.706. The Morgan fingerprint density at radius 3 is 3.00 bits per heavy atom. The van der Waals surface area contributed by atoms with Gasteiger partial charge in [0.1, 0.15) is 0 Å². The first-order valence-electron chi connectivity index (χ1n) is 4.46. The van der Waals surface area contributed by atoms with E-state index in [-0.39, 0.29) is 12.4 Å². The standard InChI is InChI=1S/C9H14N2O2S/c1-11(5-6-12)4-2-8(13)9-10-3-7-14-9/h3,7,12H,2,4-6H2,1H3. The van der Waals surface area contributed by atoms with Gasteiger partial charge in [0.25, 0.3) is 0 Å². The summed E-state index contributed by atoms with van der Waals surface area (Å²) in [6, 6.07) is 0. The van der Waals surface area contributed by atoms with Crippen LogP contribution in [0.15, 0.2) is 11.6 Å². The molecule has 78 valence electrons. The molecule has 0 fully saturated rings. The first-order chi connectivity index (χ1) is 6.74. The van der Waals surface area contributed by atoms with Crippen LogP contribution >= 0.6 is 11.3 Å². The van der Waals surface area contributed by atoms with Crippen molar-refractivity contribution in [2.24, 2.45) is 0 Å². The van der Waals surface area contributed by atoms with Gasteiger partial charge in [-0.05, 0) is 7.05 Å². The lowest BCUT2D eigenvalue weighted by Gasteiger charge is -2.13. The van der Waals surface area contributed by atoms with E-state index in [1.165, 1.54) is 11.3 Å². The van der Waals surface area contributed by atoms with Gasteiger partial charge in [-0.15, -0.1) is 11.3 Å². The third-order valence-corrected chi connectivity index (χ3v) is 2.69. The van der Waals surface area contributed by atoms with Crippen molar-refractivity contribution in [1.82, 2.24) is 9.88 Å². The maximum atomic E-state index is 11.5. The van der Waals surface area contributed by atoms with Crippen molar-refractivity contribution in [2.75, 3.05) is 26.7 Å². The Labute approximate surface area is 87.2 Å². The van der Waals surface area contributed by atoms with Crippen LogP contribution in [-0.4, -0.2) is 47.5 Å². The number of aliphatic hydroxyl groups excluding tert-OH is 1. The number of thiazole rings is 1. The number of nitrogens with zero attached hydrogens (tertiary/aromatic N) is 2. The summed E-state index contributed by atoms with van der Waals surface area (Å²) in [7, 11) is 1.88. The molecule has 1 aromatic rings. The summed E-state index contributed by atoms with van der Waals surface area (Å²) in [5, 5.41) is 11.0. The molecule has 0 aromatic carbocycles. The van der Waals surface area contributed by atoms with Gasteiger partial charge in [-0.2, -0.15) is 0 Å². The van der Waals surface area contributed by atoms with Crippen LogP contribution in [0.5, 0.6) is 0 Å². The second-order valence-electron chi connectivity index (χ2n) is 3.04. The zero-order chi connectivity index (χ0) is 10.4. The lowest BCUT2D eigenvalue weighted by molar-refractivity contribution is 0.0964. The van der Waals surface area contributed by atoms with Gasteiger partial charge in [-0.25, -0.2) is 4.98 Å². The molecule has 0 aliphatic carbocycles. The number of hydrogen-bond acceptors (Lipinski definition) is 5. The van der Waals surface area contributed by atoms with Gasteiger partial charge in [0, 0.05) is 31.1 Å². The van der Waals surface area contributed by atoms with Crippen molar-refractivity contribution in [1.29, 1.82) is 0 Å². The summed E-state index contributed by atoms with van der Waals surface area (Å²) in [5.41, 5.74) is 0. The number of likely N-dealkylation sites (N-methyl/N-ethyl adjacent to an activating group) is 1. The smallest absolute Gasteiger partial charge is 0.192 e. The van der Waals surface area contributed by atoms with E-state index >= 15 is 0 Å². The number of Topliss-reactive ketones (excluding diaryl/α,β-unsaturated/α-hetero) is 1. The van der Waals surface area contributed by atoms with Crippen molar-refractivity contribution < 1.29 is 9.90 Å². The molecule has 14 heavy (non-hydrogen) atoms. The number of carbonyl (C=O) groups excluding carboxylic acids is 1. The molecule has 5 heteroatoms. The van der Waals surface area contributed by atoms with Crippen LogP contribution in [0, 0.1) is 0 Å². The molecular formula is C9H14N2O2S. The van der Waals surface area contributed by atoms with E-state index < -0.39 is 0 Å². The number of aromatic nitrogens is 1. The molecule has 0 aliphatic rings. The summed E-state index contributed by atoms with van der Waals surface area (Å²) in [5.74, 6) is 0.0739. The first kappa shape index (κ1) is 11.3. The van der Waals surface area contributed by atoms with E-state index in [1.54, 1.807) is 11.6 Å². The minimum atomic E-state index is 0.0739. The van der Waals surface area contributed by atoms with Crippen LogP contribution in [0.4, 0.5) is 0 Å². The molecule has 0 amide bonds. The molecule has 0 bridgehead atoms. The highest BCUT2D eigenvalue weighted by Gasteiger charge is 2.09. The van der Waals surface area contributed by atoms with Gasteiger partial charge in [-0.1, -0.05) is 0 Å². The minimum absolute atomic E-state index is 0.0739. The maximum absolute atomic E-state index is 11.5. The van der Waals surface area contributed by atoms with E-state index in [0.717, 1.165) is 0 Å². The van der Waals surface area contributed by atoms with Crippen LogP contribution in [0.3, 0.4) is 0 Å². The summed E-state index contributed by atoms with van der Waals surface area (Å²) >= 11 is 1.37. The van der Waals surface area contributed by atoms with E-state index in [0.29, 0.717) is 24.5 Å². The normalized spacial score (nSPS) is 10.8. The molecule has 0 saturated heterocycles. The van der Waals surface area contributed by atoms with Crippen LogP contribution in [0.1, 0.15) is 16.2 Å². The Hall–Kier alpha value is -0.780. The topological polar surface area (TPSA) is 53.4 Å². The van der Waals surface area contributed by atoms with Gasteiger partial charge < -0.3 is 10.0 Å². The fourth-order valence-electron chi connectivity index (χ4n) is 1.04. The molecule has 0 aliphatic heterocycles. The molecule has 0 atom stereocenters. The second kappa shape index (κ2) is 5.85. The molecule has 1 heterocycles. The number of carbonyl (C=O) groups is 1. The van der Waals surface area contributed by atoms with Gasteiger partial charge in [-0.3, -0.25) is 4.79 Å². The Morgan fingerprint density at radius 2 is 2.43 bits per heavy atom. The van der Waals surface area contributed by atoms with Gasteiger partial charge in [0.05, 0.1) is 6.61 Å². The zero-order valence-corrected chi connectivity index (χ0v) is 8.96. The van der Waals surface area contributed by atoms with E-state index in [1.807, 2.05) is 11.9 Å². The van der Waals surface area contributed by atoms with Crippen molar-refractivity contribution >= 4 is 17.1 Å². The second-order valence-corrected chi connectivity index (χ2v) is 3.93. The predicted molar refractivity (Wildman–Crippen MR) is 55.6 cm³/mol. The van der Waals surface area contributed by atoms with E-state index in [9.17, 15) is 4.79 Å². The number of ketones is 1. The van der Waals surface area contributed by atoms with Gasteiger partial charge in [0.15, 0.2) is 10.8 Å². The molecule has 0 radical (unpaired) electrons. The van der Waals surface area contributed by atoms with Crippen molar-refractivity contribution in [3.05, 3.63) is 16.6 Å². The van der Waals surface area contributed by atoms with Crippen molar-refractivity contribution in [3.8, 4) is 0 Å². The average molecular weight is 214 g/mol. The molecule has 0 saturated carbocycles. The fraction of sp³-hybridized carbons (Fsp3) is 0.556. The highest BCUT2D eigenvalue weighted by atomic mass is 32.1. The largest absolute Gasteiger partial charge is 0.395 e. The fourth-order valence-corrected chi connectivity index (χ4v) is 1.65. The van der Waals surface area contributed by atoms with E-state index in [2.05, 4.69) is 4.98 Å². The summed E-state index contributed by atoms with van der Waals surface area (Å²) in [6.45, 7) is 1.39. The lowest BCUT2D eigenvalue weighted by atomic mass is 10.3. The predicted octanol–water partition coefficient (Wildman–Crippen LogP) is 0.640. The average Bonchev–Trinajstić information content (AvgIpc) is 2.67. The molecule has 1 aromatic heterocycles. The summed E-state index contributed by atoms with van der Waals surface area (Å²) < 4.78 is 0. The molecule has 1 rings (SSSR count). The highest BCUT2D eigenvalue weighted by molar-refractivity contribution is 7.11. The Balaban J connectivity index is 2.28. The number of hydrogen-bond donors (Lipinski definition) is 1. The molecule has 1 N–H and O–H groups in total. The van der Waals surface area contributed by atoms with Gasteiger partial charge >= 0.3 is 0 Å². The third kappa shape index (κ3) is 3.53. The highest BCUT2D eigenvalue weighted by Crippen LogP contribution is 2.07. The minimum Gasteiger partial charge on any atom is -0.395 e. The Bertz CT molecular complexity index is 274. The van der Waals surface area contributed by atoms with E-state index in [4.69, 9.17) is 5.11 Å². The van der Waals surface area contributed by atoms with Gasteiger partial charge in [0.2, 0.25) is 0 Å². The van der Waals surface area contributed by atoms with Crippen LogP contribution < -0.4 is 0 Å². The summed E-state index contributed by atoms with van der Waals surface area (Å²) in [6.07, 6.45) is 2.10. The maximum Gasteiger partial charge on any atom is 0.192 e. The van der Waals surface area contributed by atoms with Crippen LogP contribution in [0.2, 0.25) is 0 Å². The monoisotopic (exact) mass is 214 g/mol. The zero-order valence-electron chi connectivity index (χ0n) is 8.14. The SMILES string of the molecule is CN(CCO)CCC(=O)c1nccs1. The number of rotatable bonds is 6. The van der Waals surface area contributed by atoms with Crippen molar-refractivity contribution in [2.45, 2.75) is 6.42 Å². The third-order valence-electron chi connectivity index (χ3n) is 1.87. The van der Waals surface area contributed by atoms with Crippen LogP contribution in [0.25, 0.3) is 0 Å². The van der Waals surface area contributed by atoms with Crippen LogP contribution in [-0.2, 0) is 0 Å². The summed E-state index contributed by atoms with van der Waals surface area (Å²) in [4.78, 5) is 17.3. The molecule has 0 unspecified atom stereocenters. The molecule has 0 spiro atoms. The molecular weight excluding hydrogens is 200 g/mol. The molecule has 4 nitrogen and oxygen atoms in total. The Morgan fingerprint density at radius 1 is 1.64 bits per heavy atom.